The third-order valence-corrected chi connectivity index (χ3v) is 6.91. The molecule has 1 N–H and O–H groups in total. The first-order valence-corrected chi connectivity index (χ1v) is 10.5. The summed E-state index contributed by atoms with van der Waals surface area (Å²) in [4.78, 5) is 12.4. The molecular weight excluding hydrogens is 391 g/mol. The average molecular weight is 411 g/mol. The van der Waals surface area contributed by atoms with E-state index in [9.17, 15) is 17.6 Å². The van der Waals surface area contributed by atoms with Gasteiger partial charge in [0.15, 0.2) is 0 Å². The number of rotatable bonds is 4. The van der Waals surface area contributed by atoms with Crippen LogP contribution < -0.4 is 5.32 Å². The summed E-state index contributed by atoms with van der Waals surface area (Å²) < 4.78 is 40.7. The van der Waals surface area contributed by atoms with Crippen LogP contribution in [0.25, 0.3) is 0 Å². The Hall–Kier alpha value is -1.96. The highest BCUT2D eigenvalue weighted by Crippen LogP contribution is 2.25. The van der Waals surface area contributed by atoms with Gasteiger partial charge in [0.2, 0.25) is 10.0 Å². The van der Waals surface area contributed by atoms with E-state index in [0.717, 1.165) is 18.9 Å². The number of nitrogens with zero attached hydrogens (tertiary/aromatic N) is 1. The summed E-state index contributed by atoms with van der Waals surface area (Å²) in [5.74, 6) is -0.892. The van der Waals surface area contributed by atoms with Gasteiger partial charge < -0.3 is 5.32 Å². The number of carbonyl (C=O) groups excluding carboxylic acids is 1. The van der Waals surface area contributed by atoms with Crippen molar-refractivity contribution in [1.29, 1.82) is 0 Å². The molecule has 1 aliphatic rings. The number of halogens is 2. The molecule has 3 rings (SSSR count). The zero-order valence-electron chi connectivity index (χ0n) is 14.8. The van der Waals surface area contributed by atoms with Gasteiger partial charge in [0.25, 0.3) is 5.91 Å². The fourth-order valence-electron chi connectivity index (χ4n) is 2.99. The molecule has 0 unspecified atom stereocenters. The summed E-state index contributed by atoms with van der Waals surface area (Å²) in [6, 6.07) is 9.82. The van der Waals surface area contributed by atoms with Crippen molar-refractivity contribution in [3.63, 3.8) is 0 Å². The fourth-order valence-corrected chi connectivity index (χ4v) is 4.71. The lowest BCUT2D eigenvalue weighted by Gasteiger charge is -2.29. The minimum Gasteiger partial charge on any atom is -0.322 e. The van der Waals surface area contributed by atoms with Crippen LogP contribution in [-0.2, 0) is 10.0 Å². The molecule has 1 aliphatic heterocycles. The standard InChI is InChI=1S/C19H20ClFN2O3S/c1-13-9-11-23(12-10-13)27(25,26)15-7-5-14(6-8-15)22-19(24)18-16(20)3-2-4-17(18)21/h2-8,13H,9-12H2,1H3,(H,22,24). The number of sulfonamides is 1. The molecule has 2 aromatic carbocycles. The van der Waals surface area contributed by atoms with Crippen LogP contribution in [0.2, 0.25) is 5.02 Å². The van der Waals surface area contributed by atoms with Gasteiger partial charge in [-0.05, 0) is 55.2 Å². The first kappa shape index (κ1) is 19.8. The van der Waals surface area contributed by atoms with Gasteiger partial charge in [-0.2, -0.15) is 4.31 Å². The number of hydrogen-bond donors (Lipinski definition) is 1. The molecule has 0 atom stereocenters. The third-order valence-electron chi connectivity index (χ3n) is 4.68. The molecule has 5 nitrogen and oxygen atoms in total. The minimum atomic E-state index is -3.56. The Bertz CT molecular complexity index is 920. The second-order valence-corrected chi connectivity index (χ2v) is 9.01. The molecule has 0 spiro atoms. The van der Waals surface area contributed by atoms with Crippen molar-refractivity contribution in [1.82, 2.24) is 4.31 Å². The number of piperidine rings is 1. The highest BCUT2D eigenvalue weighted by molar-refractivity contribution is 7.89. The van der Waals surface area contributed by atoms with Crippen molar-refractivity contribution in [2.24, 2.45) is 5.92 Å². The molecule has 2 aromatic rings. The highest BCUT2D eigenvalue weighted by Gasteiger charge is 2.28. The summed E-state index contributed by atoms with van der Waals surface area (Å²) in [5.41, 5.74) is 0.101. The van der Waals surface area contributed by atoms with E-state index < -0.39 is 21.7 Å². The minimum absolute atomic E-state index is 0.00558. The second kappa shape index (κ2) is 7.96. The lowest BCUT2D eigenvalue weighted by Crippen LogP contribution is -2.37. The lowest BCUT2D eigenvalue weighted by atomic mass is 10.0. The molecular formula is C19H20ClFN2O3S. The van der Waals surface area contributed by atoms with Gasteiger partial charge >= 0.3 is 0 Å². The van der Waals surface area contributed by atoms with Crippen LogP contribution in [0.4, 0.5) is 10.1 Å². The maximum absolute atomic E-state index is 13.8. The first-order valence-electron chi connectivity index (χ1n) is 8.64. The summed E-state index contributed by atoms with van der Waals surface area (Å²) in [5, 5.41) is 2.54. The van der Waals surface area contributed by atoms with Crippen LogP contribution in [-0.4, -0.2) is 31.7 Å². The Kier molecular flexibility index (Phi) is 5.83. The van der Waals surface area contributed by atoms with E-state index in [-0.39, 0.29) is 15.5 Å². The molecule has 0 saturated carbocycles. The summed E-state index contributed by atoms with van der Waals surface area (Å²) >= 11 is 5.89. The lowest BCUT2D eigenvalue weighted by molar-refractivity contribution is 0.102. The maximum Gasteiger partial charge on any atom is 0.260 e. The summed E-state index contributed by atoms with van der Waals surface area (Å²) in [6.45, 7) is 3.13. The van der Waals surface area contributed by atoms with Crippen molar-refractivity contribution in [3.05, 3.63) is 58.9 Å². The van der Waals surface area contributed by atoms with Gasteiger partial charge in [-0.3, -0.25) is 4.79 Å². The number of nitrogens with one attached hydrogen (secondary N) is 1. The zero-order valence-corrected chi connectivity index (χ0v) is 16.4. The van der Waals surface area contributed by atoms with Crippen LogP contribution in [0, 0.1) is 11.7 Å². The topological polar surface area (TPSA) is 66.5 Å². The molecule has 0 aromatic heterocycles. The first-order chi connectivity index (χ1) is 12.8. The van der Waals surface area contributed by atoms with E-state index in [1.807, 2.05) is 0 Å². The molecule has 144 valence electrons. The van der Waals surface area contributed by atoms with Crippen LogP contribution in [0.1, 0.15) is 30.1 Å². The second-order valence-electron chi connectivity index (χ2n) is 6.66. The molecule has 8 heteroatoms. The van der Waals surface area contributed by atoms with Gasteiger partial charge in [-0.15, -0.1) is 0 Å². The Morgan fingerprint density at radius 2 is 1.78 bits per heavy atom. The normalized spacial score (nSPS) is 16.3. The largest absolute Gasteiger partial charge is 0.322 e. The fraction of sp³-hybridized carbons (Fsp3) is 0.316. The average Bonchev–Trinajstić information content (AvgIpc) is 2.62. The Labute approximate surface area is 163 Å². The van der Waals surface area contributed by atoms with Gasteiger partial charge in [-0.25, -0.2) is 12.8 Å². The van der Waals surface area contributed by atoms with Gasteiger partial charge in [-0.1, -0.05) is 24.6 Å². The van der Waals surface area contributed by atoms with E-state index in [1.165, 1.54) is 40.7 Å². The van der Waals surface area contributed by atoms with Crippen LogP contribution in [0.3, 0.4) is 0 Å². The van der Waals surface area contributed by atoms with Crippen LogP contribution in [0.15, 0.2) is 47.4 Å². The predicted octanol–water partition coefficient (Wildman–Crippen LogP) is 4.15. The van der Waals surface area contributed by atoms with Gasteiger partial charge in [0.1, 0.15) is 5.82 Å². The van der Waals surface area contributed by atoms with Gasteiger partial charge in [0.05, 0.1) is 15.5 Å². The number of anilines is 1. The Morgan fingerprint density at radius 3 is 2.37 bits per heavy atom. The summed E-state index contributed by atoms with van der Waals surface area (Å²) in [7, 11) is -3.56. The molecule has 1 amide bonds. The van der Waals surface area contributed by atoms with Crippen molar-refractivity contribution >= 4 is 33.2 Å². The van der Waals surface area contributed by atoms with E-state index in [1.54, 1.807) is 0 Å². The van der Waals surface area contributed by atoms with Crippen molar-refractivity contribution < 1.29 is 17.6 Å². The van der Waals surface area contributed by atoms with Crippen molar-refractivity contribution in [3.8, 4) is 0 Å². The smallest absolute Gasteiger partial charge is 0.260 e. The Morgan fingerprint density at radius 1 is 1.15 bits per heavy atom. The van der Waals surface area contributed by atoms with E-state index >= 15 is 0 Å². The summed E-state index contributed by atoms with van der Waals surface area (Å²) in [6.07, 6.45) is 1.69. The van der Waals surface area contributed by atoms with Crippen molar-refractivity contribution in [2.75, 3.05) is 18.4 Å². The Balaban J connectivity index is 1.75. The monoisotopic (exact) mass is 410 g/mol. The number of amides is 1. The van der Waals surface area contributed by atoms with E-state index in [0.29, 0.717) is 24.7 Å². The molecule has 1 heterocycles. The highest BCUT2D eigenvalue weighted by atomic mass is 35.5. The van der Waals surface area contributed by atoms with Crippen molar-refractivity contribution in [2.45, 2.75) is 24.7 Å². The number of carbonyl (C=O) groups is 1. The predicted molar refractivity (Wildman–Crippen MR) is 103 cm³/mol. The molecule has 0 bridgehead atoms. The SMILES string of the molecule is CC1CCN(S(=O)(=O)c2ccc(NC(=O)c3c(F)cccc3Cl)cc2)CC1. The number of benzene rings is 2. The third kappa shape index (κ3) is 4.31. The molecule has 0 aliphatic carbocycles. The van der Waals surface area contributed by atoms with Crippen LogP contribution >= 0.6 is 11.6 Å². The van der Waals surface area contributed by atoms with E-state index in [2.05, 4.69) is 12.2 Å². The molecule has 0 radical (unpaired) electrons. The quantitative estimate of drug-likeness (QED) is 0.823. The molecule has 1 fully saturated rings. The maximum atomic E-state index is 13.8. The van der Waals surface area contributed by atoms with E-state index in [4.69, 9.17) is 11.6 Å². The number of hydrogen-bond acceptors (Lipinski definition) is 3. The van der Waals surface area contributed by atoms with Gasteiger partial charge in [0, 0.05) is 18.8 Å². The molecule has 27 heavy (non-hydrogen) atoms. The molecule has 1 saturated heterocycles. The van der Waals surface area contributed by atoms with Crippen LogP contribution in [0.5, 0.6) is 0 Å². The zero-order chi connectivity index (χ0) is 19.6.